The predicted octanol–water partition coefficient (Wildman–Crippen LogP) is 1.64. The second kappa shape index (κ2) is 6.88. The van der Waals surface area contributed by atoms with Crippen LogP contribution >= 0.6 is 0 Å². The van der Waals surface area contributed by atoms with E-state index in [4.69, 9.17) is 4.74 Å². The number of rotatable bonds is 5. The molecule has 0 radical (unpaired) electrons. The number of benzene rings is 1. The summed E-state index contributed by atoms with van der Waals surface area (Å²) in [5.74, 6) is 0.297. The summed E-state index contributed by atoms with van der Waals surface area (Å²) in [6.07, 6.45) is 1.53. The standard InChI is InChI=1S/C16H24N2O4S/c1-12(16(19)17(2)3)23(20,21)18-10-6-9-15(18)13-7-5-8-14(11-13)22-4/h5,7-8,11-12,15H,6,9-10H2,1-4H3/t12-,15-/m1/s1. The molecule has 7 heteroatoms. The van der Waals surface area contributed by atoms with Gasteiger partial charge in [-0.25, -0.2) is 8.42 Å². The van der Waals surface area contributed by atoms with Gasteiger partial charge in [-0.1, -0.05) is 12.1 Å². The van der Waals surface area contributed by atoms with Gasteiger partial charge in [-0.05, 0) is 37.5 Å². The van der Waals surface area contributed by atoms with E-state index in [2.05, 4.69) is 0 Å². The Labute approximate surface area is 138 Å². The van der Waals surface area contributed by atoms with Crippen LogP contribution in [-0.4, -0.2) is 56.5 Å². The quantitative estimate of drug-likeness (QED) is 0.817. The molecule has 1 aromatic carbocycles. The fourth-order valence-corrected chi connectivity index (χ4v) is 4.76. The van der Waals surface area contributed by atoms with Crippen LogP contribution in [-0.2, 0) is 14.8 Å². The molecule has 0 aliphatic carbocycles. The summed E-state index contributed by atoms with van der Waals surface area (Å²) in [5, 5.41) is -1.08. The molecular formula is C16H24N2O4S. The van der Waals surface area contributed by atoms with Crippen LogP contribution in [0, 0.1) is 0 Å². The number of sulfonamides is 1. The van der Waals surface area contributed by atoms with E-state index >= 15 is 0 Å². The Morgan fingerprint density at radius 3 is 2.70 bits per heavy atom. The van der Waals surface area contributed by atoms with Gasteiger partial charge in [-0.2, -0.15) is 4.31 Å². The predicted molar refractivity (Wildman–Crippen MR) is 88.8 cm³/mol. The molecule has 23 heavy (non-hydrogen) atoms. The van der Waals surface area contributed by atoms with Crippen molar-refractivity contribution in [3.63, 3.8) is 0 Å². The van der Waals surface area contributed by atoms with Crippen molar-refractivity contribution in [3.8, 4) is 5.75 Å². The van der Waals surface area contributed by atoms with Crippen LogP contribution < -0.4 is 4.74 Å². The van der Waals surface area contributed by atoms with E-state index in [9.17, 15) is 13.2 Å². The number of ether oxygens (including phenoxy) is 1. The smallest absolute Gasteiger partial charge is 0.241 e. The third-order valence-electron chi connectivity index (χ3n) is 4.24. The van der Waals surface area contributed by atoms with Crippen LogP contribution in [0.4, 0.5) is 0 Å². The van der Waals surface area contributed by atoms with Crippen LogP contribution in [0.2, 0.25) is 0 Å². The first-order valence-corrected chi connectivity index (χ1v) is 9.15. The molecule has 1 fully saturated rings. The number of hydrogen-bond acceptors (Lipinski definition) is 4. The number of carbonyl (C=O) groups is 1. The fourth-order valence-electron chi connectivity index (χ4n) is 2.92. The summed E-state index contributed by atoms with van der Waals surface area (Å²) in [4.78, 5) is 13.4. The minimum Gasteiger partial charge on any atom is -0.497 e. The Bertz CT molecular complexity index is 672. The average Bonchev–Trinajstić information content (AvgIpc) is 3.03. The minimum atomic E-state index is -3.70. The van der Waals surface area contributed by atoms with Gasteiger partial charge in [0.25, 0.3) is 0 Å². The summed E-state index contributed by atoms with van der Waals surface area (Å²) in [6, 6.07) is 7.20. The zero-order valence-corrected chi connectivity index (χ0v) is 14.8. The molecule has 0 spiro atoms. The van der Waals surface area contributed by atoms with Crippen LogP contribution in [0.3, 0.4) is 0 Å². The number of hydrogen-bond donors (Lipinski definition) is 0. The Morgan fingerprint density at radius 1 is 1.39 bits per heavy atom. The van der Waals surface area contributed by atoms with Crippen LogP contribution in [0.1, 0.15) is 31.4 Å². The number of nitrogens with zero attached hydrogens (tertiary/aromatic N) is 2. The number of methoxy groups -OCH3 is 1. The highest BCUT2D eigenvalue weighted by Gasteiger charge is 2.41. The van der Waals surface area contributed by atoms with E-state index in [1.54, 1.807) is 21.2 Å². The maximum absolute atomic E-state index is 12.9. The van der Waals surface area contributed by atoms with Crippen molar-refractivity contribution in [1.82, 2.24) is 9.21 Å². The molecular weight excluding hydrogens is 316 g/mol. The van der Waals surface area contributed by atoms with Crippen LogP contribution in [0.25, 0.3) is 0 Å². The molecule has 0 saturated carbocycles. The largest absolute Gasteiger partial charge is 0.497 e. The van der Waals surface area contributed by atoms with Crippen molar-refractivity contribution in [2.45, 2.75) is 31.1 Å². The van der Waals surface area contributed by atoms with Crippen molar-refractivity contribution < 1.29 is 17.9 Å². The zero-order chi connectivity index (χ0) is 17.2. The van der Waals surface area contributed by atoms with E-state index in [1.807, 2.05) is 24.3 Å². The summed E-state index contributed by atoms with van der Waals surface area (Å²) in [7, 11) is 1.02. The highest BCUT2D eigenvalue weighted by molar-refractivity contribution is 7.90. The van der Waals surface area contributed by atoms with Gasteiger partial charge in [0.1, 0.15) is 5.75 Å². The van der Waals surface area contributed by atoms with Gasteiger partial charge in [0, 0.05) is 26.7 Å². The molecule has 0 bridgehead atoms. The molecule has 6 nitrogen and oxygen atoms in total. The molecule has 1 heterocycles. The SMILES string of the molecule is COc1cccc([C@H]2CCCN2S(=O)(=O)[C@H](C)C(=O)N(C)C)c1. The summed E-state index contributed by atoms with van der Waals surface area (Å²) in [6.45, 7) is 1.90. The van der Waals surface area contributed by atoms with Crippen LogP contribution in [0.15, 0.2) is 24.3 Å². The highest BCUT2D eigenvalue weighted by atomic mass is 32.2. The molecule has 0 N–H and O–H groups in total. The van der Waals surface area contributed by atoms with E-state index in [-0.39, 0.29) is 6.04 Å². The lowest BCUT2D eigenvalue weighted by molar-refractivity contribution is -0.128. The Balaban J connectivity index is 2.32. The average molecular weight is 340 g/mol. The van der Waals surface area contributed by atoms with Crippen molar-refractivity contribution in [2.24, 2.45) is 0 Å². The summed E-state index contributed by atoms with van der Waals surface area (Å²) < 4.78 is 32.4. The normalized spacial score (nSPS) is 20.3. The molecule has 1 aromatic rings. The van der Waals surface area contributed by atoms with E-state index in [0.29, 0.717) is 12.3 Å². The first-order valence-electron chi connectivity index (χ1n) is 7.64. The topological polar surface area (TPSA) is 66.9 Å². The zero-order valence-electron chi connectivity index (χ0n) is 14.0. The molecule has 1 aliphatic heterocycles. The van der Waals surface area contributed by atoms with Gasteiger partial charge >= 0.3 is 0 Å². The van der Waals surface area contributed by atoms with Gasteiger partial charge in [-0.3, -0.25) is 4.79 Å². The summed E-state index contributed by atoms with van der Waals surface area (Å²) in [5.41, 5.74) is 0.898. The third kappa shape index (κ3) is 3.50. The molecule has 2 rings (SSSR count). The van der Waals surface area contributed by atoms with Crippen molar-refractivity contribution >= 4 is 15.9 Å². The first kappa shape index (κ1) is 17.7. The second-order valence-corrected chi connectivity index (χ2v) is 8.17. The third-order valence-corrected chi connectivity index (χ3v) is 6.43. The molecule has 0 unspecified atom stereocenters. The summed E-state index contributed by atoms with van der Waals surface area (Å²) >= 11 is 0. The molecule has 0 aromatic heterocycles. The Hall–Kier alpha value is -1.60. The van der Waals surface area contributed by atoms with E-state index in [0.717, 1.165) is 18.4 Å². The van der Waals surface area contributed by atoms with Crippen LogP contribution in [0.5, 0.6) is 5.75 Å². The lowest BCUT2D eigenvalue weighted by Crippen LogP contribution is -2.44. The Kier molecular flexibility index (Phi) is 5.31. The van der Waals surface area contributed by atoms with Crippen molar-refractivity contribution in [3.05, 3.63) is 29.8 Å². The lowest BCUT2D eigenvalue weighted by atomic mass is 10.1. The number of carbonyl (C=O) groups excluding carboxylic acids is 1. The maximum atomic E-state index is 12.9. The monoisotopic (exact) mass is 340 g/mol. The van der Waals surface area contributed by atoms with Gasteiger partial charge in [-0.15, -0.1) is 0 Å². The fraction of sp³-hybridized carbons (Fsp3) is 0.562. The molecule has 1 saturated heterocycles. The van der Waals surface area contributed by atoms with Gasteiger partial charge < -0.3 is 9.64 Å². The molecule has 2 atom stereocenters. The first-order chi connectivity index (χ1) is 10.8. The van der Waals surface area contributed by atoms with Gasteiger partial charge in [0.2, 0.25) is 15.9 Å². The number of amides is 1. The molecule has 1 aliphatic rings. The lowest BCUT2D eigenvalue weighted by Gasteiger charge is -2.28. The van der Waals surface area contributed by atoms with E-state index in [1.165, 1.54) is 16.1 Å². The van der Waals surface area contributed by atoms with Crippen molar-refractivity contribution in [2.75, 3.05) is 27.7 Å². The second-order valence-electron chi connectivity index (χ2n) is 5.97. The highest BCUT2D eigenvalue weighted by Crippen LogP contribution is 2.36. The van der Waals surface area contributed by atoms with Crippen molar-refractivity contribution in [1.29, 1.82) is 0 Å². The minimum absolute atomic E-state index is 0.243. The maximum Gasteiger partial charge on any atom is 0.241 e. The Morgan fingerprint density at radius 2 is 2.09 bits per heavy atom. The molecule has 128 valence electrons. The van der Waals surface area contributed by atoms with Gasteiger partial charge in [0.15, 0.2) is 5.25 Å². The van der Waals surface area contributed by atoms with Gasteiger partial charge in [0.05, 0.1) is 7.11 Å². The molecule has 1 amide bonds. The van der Waals surface area contributed by atoms with E-state index < -0.39 is 21.2 Å².